The average molecular weight is 1080 g/mol. The normalized spacial score (nSPS) is 13.0. The molecular formula is C72H118O6. The van der Waals surface area contributed by atoms with E-state index in [0.29, 0.717) is 19.3 Å². The molecule has 0 aromatic rings. The van der Waals surface area contributed by atoms with Crippen LogP contribution in [0.25, 0.3) is 0 Å². The van der Waals surface area contributed by atoms with Crippen molar-refractivity contribution >= 4 is 17.9 Å². The molecule has 0 aromatic carbocycles. The first-order valence-electron chi connectivity index (χ1n) is 32.2. The molecule has 78 heavy (non-hydrogen) atoms. The number of unbranched alkanes of at least 4 members (excludes halogenated alkanes) is 24. The number of carbonyl (C=O) groups excluding carboxylic acids is 3. The summed E-state index contributed by atoms with van der Waals surface area (Å²) in [6.45, 7) is 6.39. The van der Waals surface area contributed by atoms with Gasteiger partial charge in [0.2, 0.25) is 0 Å². The minimum atomic E-state index is -0.803. The predicted molar refractivity (Wildman–Crippen MR) is 339 cm³/mol. The SMILES string of the molecule is CC/C=C\C/C=C\C/C=C\C/C=C\C/C=C\CCCCCCCCCC(=O)OCC(COC(=O)CCCCCCC/C=C\CCCCCCCCC)OC(=O)CCCCCCC/C=C\C/C=C\C/C=C\C/C=C\C/C=C\CC. The summed E-state index contributed by atoms with van der Waals surface area (Å²) in [6.07, 6.45) is 91.6. The van der Waals surface area contributed by atoms with Crippen molar-refractivity contribution in [3.8, 4) is 0 Å². The van der Waals surface area contributed by atoms with Crippen LogP contribution in [0.2, 0.25) is 0 Å². The molecule has 0 amide bonds. The van der Waals surface area contributed by atoms with E-state index in [-0.39, 0.29) is 31.1 Å². The van der Waals surface area contributed by atoms with E-state index in [4.69, 9.17) is 14.2 Å². The highest BCUT2D eigenvalue weighted by Crippen LogP contribution is 2.15. The number of esters is 3. The number of allylic oxidation sites excluding steroid dienone is 22. The molecule has 0 aliphatic rings. The van der Waals surface area contributed by atoms with Gasteiger partial charge in [-0.2, -0.15) is 0 Å². The van der Waals surface area contributed by atoms with E-state index >= 15 is 0 Å². The molecule has 6 heteroatoms. The molecule has 0 bridgehead atoms. The Morgan fingerprint density at radius 3 is 0.795 bits per heavy atom. The lowest BCUT2D eigenvalue weighted by Crippen LogP contribution is -2.30. The molecule has 0 heterocycles. The molecule has 1 unspecified atom stereocenters. The smallest absolute Gasteiger partial charge is 0.306 e. The van der Waals surface area contributed by atoms with Crippen molar-refractivity contribution in [2.75, 3.05) is 13.2 Å². The lowest BCUT2D eigenvalue weighted by atomic mass is 10.1. The van der Waals surface area contributed by atoms with Gasteiger partial charge in [0.1, 0.15) is 13.2 Å². The first-order valence-corrected chi connectivity index (χ1v) is 32.2. The van der Waals surface area contributed by atoms with Crippen LogP contribution in [0.3, 0.4) is 0 Å². The van der Waals surface area contributed by atoms with Crippen LogP contribution in [0, 0.1) is 0 Å². The summed E-state index contributed by atoms with van der Waals surface area (Å²) in [5.74, 6) is -0.932. The van der Waals surface area contributed by atoms with Gasteiger partial charge in [0.15, 0.2) is 6.10 Å². The molecule has 0 radical (unpaired) electrons. The van der Waals surface area contributed by atoms with E-state index in [2.05, 4.69) is 154 Å². The Balaban J connectivity index is 4.47. The molecule has 0 saturated heterocycles. The monoisotopic (exact) mass is 1080 g/mol. The third-order valence-electron chi connectivity index (χ3n) is 13.4. The molecule has 1 atom stereocenters. The van der Waals surface area contributed by atoms with E-state index in [1.54, 1.807) is 0 Å². The number of rotatable bonds is 57. The van der Waals surface area contributed by atoms with Crippen LogP contribution >= 0.6 is 0 Å². The Hall–Kier alpha value is -4.45. The first kappa shape index (κ1) is 73.5. The van der Waals surface area contributed by atoms with E-state index in [0.717, 1.165) is 161 Å². The van der Waals surface area contributed by atoms with Crippen molar-refractivity contribution < 1.29 is 28.6 Å². The highest BCUT2D eigenvalue weighted by Gasteiger charge is 2.19. The third-order valence-corrected chi connectivity index (χ3v) is 13.4. The van der Waals surface area contributed by atoms with Gasteiger partial charge in [-0.1, -0.05) is 264 Å². The lowest BCUT2D eigenvalue weighted by Gasteiger charge is -2.18. The van der Waals surface area contributed by atoms with Crippen molar-refractivity contribution in [2.45, 2.75) is 290 Å². The van der Waals surface area contributed by atoms with Gasteiger partial charge in [0.05, 0.1) is 0 Å². The molecule has 0 rings (SSSR count). The second kappa shape index (κ2) is 65.1. The zero-order chi connectivity index (χ0) is 56.4. The van der Waals surface area contributed by atoms with E-state index in [1.807, 2.05) is 0 Å². The maximum Gasteiger partial charge on any atom is 0.306 e. The number of hydrogen-bond donors (Lipinski definition) is 0. The minimum absolute atomic E-state index is 0.0973. The van der Waals surface area contributed by atoms with Crippen molar-refractivity contribution in [3.05, 3.63) is 134 Å². The van der Waals surface area contributed by atoms with Crippen molar-refractivity contribution in [2.24, 2.45) is 0 Å². The van der Waals surface area contributed by atoms with Gasteiger partial charge in [-0.15, -0.1) is 0 Å². The molecule has 0 saturated carbocycles. The van der Waals surface area contributed by atoms with Crippen LogP contribution in [0.4, 0.5) is 0 Å². The topological polar surface area (TPSA) is 78.9 Å². The molecular weight excluding hydrogens is 961 g/mol. The Morgan fingerprint density at radius 1 is 0.269 bits per heavy atom. The summed E-state index contributed by atoms with van der Waals surface area (Å²) in [5.41, 5.74) is 0. The largest absolute Gasteiger partial charge is 0.462 e. The van der Waals surface area contributed by atoms with E-state index in [9.17, 15) is 14.4 Å². The highest BCUT2D eigenvalue weighted by molar-refractivity contribution is 5.71. The quantitative estimate of drug-likeness (QED) is 0.0261. The minimum Gasteiger partial charge on any atom is -0.462 e. The Morgan fingerprint density at radius 2 is 0.500 bits per heavy atom. The van der Waals surface area contributed by atoms with Crippen LogP contribution < -0.4 is 0 Å². The zero-order valence-electron chi connectivity index (χ0n) is 50.6. The number of ether oxygens (including phenoxy) is 3. The summed E-state index contributed by atoms with van der Waals surface area (Å²) >= 11 is 0. The molecule has 0 aliphatic heterocycles. The van der Waals surface area contributed by atoms with Gasteiger partial charge in [-0.25, -0.2) is 0 Å². The van der Waals surface area contributed by atoms with Crippen molar-refractivity contribution in [3.63, 3.8) is 0 Å². The summed E-state index contributed by atoms with van der Waals surface area (Å²) in [5, 5.41) is 0. The molecule has 0 N–H and O–H groups in total. The summed E-state index contributed by atoms with van der Waals surface area (Å²) in [7, 11) is 0. The summed E-state index contributed by atoms with van der Waals surface area (Å²) in [4.78, 5) is 38.4. The second-order valence-corrected chi connectivity index (χ2v) is 20.9. The van der Waals surface area contributed by atoms with Crippen LogP contribution in [-0.2, 0) is 28.6 Å². The van der Waals surface area contributed by atoms with Crippen LogP contribution in [0.15, 0.2) is 134 Å². The van der Waals surface area contributed by atoms with E-state index < -0.39 is 6.10 Å². The molecule has 0 spiro atoms. The first-order chi connectivity index (χ1) is 38.5. The fourth-order valence-corrected chi connectivity index (χ4v) is 8.61. The van der Waals surface area contributed by atoms with Crippen LogP contribution in [0.1, 0.15) is 284 Å². The Labute approximate surface area is 481 Å². The Bertz CT molecular complexity index is 1670. The summed E-state index contributed by atoms with van der Waals surface area (Å²) < 4.78 is 16.9. The average Bonchev–Trinajstić information content (AvgIpc) is 3.44. The maximum absolute atomic E-state index is 12.9. The lowest BCUT2D eigenvalue weighted by molar-refractivity contribution is -0.167. The van der Waals surface area contributed by atoms with Gasteiger partial charge in [0.25, 0.3) is 0 Å². The third kappa shape index (κ3) is 62.4. The van der Waals surface area contributed by atoms with Crippen LogP contribution in [0.5, 0.6) is 0 Å². The maximum atomic E-state index is 12.9. The molecule has 0 aliphatic carbocycles. The van der Waals surface area contributed by atoms with Gasteiger partial charge in [0, 0.05) is 19.3 Å². The number of hydrogen-bond acceptors (Lipinski definition) is 6. The van der Waals surface area contributed by atoms with Gasteiger partial charge >= 0.3 is 17.9 Å². The van der Waals surface area contributed by atoms with Gasteiger partial charge in [-0.05, 0) is 135 Å². The zero-order valence-corrected chi connectivity index (χ0v) is 50.6. The van der Waals surface area contributed by atoms with Gasteiger partial charge in [-0.3, -0.25) is 14.4 Å². The molecule has 6 nitrogen and oxygen atoms in total. The predicted octanol–water partition coefficient (Wildman–Crippen LogP) is 22.2. The fourth-order valence-electron chi connectivity index (χ4n) is 8.61. The molecule has 442 valence electrons. The van der Waals surface area contributed by atoms with Crippen molar-refractivity contribution in [1.82, 2.24) is 0 Å². The van der Waals surface area contributed by atoms with Gasteiger partial charge < -0.3 is 14.2 Å². The van der Waals surface area contributed by atoms with E-state index in [1.165, 1.54) is 83.5 Å². The standard InChI is InChI=1S/C72H118O6/c1-4-7-10-13-16-19-22-25-28-31-33-35-36-38-39-41-44-47-50-53-56-59-62-65-71(74)77-68-69(67-76-70(73)64-61-58-55-52-49-46-43-30-27-24-21-18-15-12-9-6-3)78-72(75)66-63-60-57-54-51-48-45-42-40-37-34-32-29-26-23-20-17-14-11-8-5-2/h7-8,10-11,16-17,19-20,25-26,28-30,33-35,37-39,42-43,45,69H,4-6,9,12-15,18,21-24,27,31-32,36,40-41,44,46-68H2,1-3H3/b10-7-,11-8-,19-16-,20-17-,28-25-,29-26-,35-33-,37-34-,39-38-,43-30-,45-42-. The second-order valence-electron chi connectivity index (χ2n) is 20.9. The molecule has 0 aromatic heterocycles. The van der Waals surface area contributed by atoms with Crippen LogP contribution in [-0.4, -0.2) is 37.2 Å². The fraction of sp³-hybridized carbons (Fsp3) is 0.653. The number of carbonyl (C=O) groups is 3. The molecule has 0 fully saturated rings. The highest BCUT2D eigenvalue weighted by atomic mass is 16.6. The Kier molecular flexibility index (Phi) is 61.4. The summed E-state index contributed by atoms with van der Waals surface area (Å²) in [6, 6.07) is 0. The van der Waals surface area contributed by atoms with Crippen molar-refractivity contribution in [1.29, 1.82) is 0 Å².